The van der Waals surface area contributed by atoms with E-state index in [0.717, 1.165) is 0 Å². The van der Waals surface area contributed by atoms with Gasteiger partial charge in [-0.15, -0.1) is 0 Å². The van der Waals surface area contributed by atoms with Crippen molar-refractivity contribution in [2.24, 2.45) is 0 Å². The van der Waals surface area contributed by atoms with Crippen LogP contribution in [0.25, 0.3) is 0 Å². The lowest BCUT2D eigenvalue weighted by molar-refractivity contribution is 0.0554. The minimum Gasteiger partial charge on any atom is -0.494 e. The summed E-state index contributed by atoms with van der Waals surface area (Å²) < 4.78 is 20.3. The molecule has 0 unspecified atom stereocenters. The Hall–Kier alpha value is -3.81. The molecule has 0 aliphatic heterocycles. The second kappa shape index (κ2) is 8.05. The fourth-order valence-corrected chi connectivity index (χ4v) is 2.23. The second-order valence-electron chi connectivity index (χ2n) is 5.30. The van der Waals surface area contributed by atoms with Crippen molar-refractivity contribution in [1.82, 2.24) is 5.16 Å². The Labute approximate surface area is 154 Å². The van der Waals surface area contributed by atoms with Gasteiger partial charge in [-0.3, -0.25) is 4.79 Å². The van der Waals surface area contributed by atoms with Crippen LogP contribution >= 0.6 is 0 Å². The van der Waals surface area contributed by atoms with Crippen LogP contribution in [0.1, 0.15) is 21.0 Å². The molecule has 0 aliphatic rings. The Balaban J connectivity index is 1.75. The van der Waals surface area contributed by atoms with Crippen molar-refractivity contribution in [2.45, 2.75) is 0 Å². The van der Waals surface area contributed by atoms with Crippen molar-refractivity contribution in [3.05, 3.63) is 66.1 Å². The van der Waals surface area contributed by atoms with Gasteiger partial charge in [-0.25, -0.2) is 4.79 Å². The predicted octanol–water partition coefficient (Wildman–Crippen LogP) is 3.51. The van der Waals surface area contributed by atoms with E-state index in [4.69, 9.17) is 14.0 Å². The summed E-state index contributed by atoms with van der Waals surface area (Å²) in [6, 6.07) is 15.4. The quantitative estimate of drug-likeness (QED) is 0.665. The molecule has 8 nitrogen and oxygen atoms in total. The summed E-state index contributed by atoms with van der Waals surface area (Å²) >= 11 is 0. The number of hydrogen-bond donors (Lipinski definition) is 1. The summed E-state index contributed by atoms with van der Waals surface area (Å²) in [5, 5.41) is 6.20. The van der Waals surface area contributed by atoms with Gasteiger partial charge in [0.05, 0.1) is 19.9 Å². The third kappa shape index (κ3) is 4.24. The molecule has 0 saturated heterocycles. The molecule has 0 fully saturated rings. The van der Waals surface area contributed by atoms with Gasteiger partial charge < -0.3 is 24.1 Å². The number of carbonyl (C=O) groups is 2. The fraction of sp³-hybridized carbons (Fsp3) is 0.105. The van der Waals surface area contributed by atoms with Crippen LogP contribution in [0.4, 0.5) is 5.69 Å². The number of hydrogen-bond acceptors (Lipinski definition) is 7. The molecule has 8 heteroatoms. The van der Waals surface area contributed by atoms with Gasteiger partial charge >= 0.3 is 5.97 Å². The SMILES string of the molecule is COC(=O)c1cc(C(=O)Nc2ccc(Oc3ccccc3)cc2OC)no1. The van der Waals surface area contributed by atoms with Crippen LogP contribution in [0.15, 0.2) is 59.1 Å². The van der Waals surface area contributed by atoms with Gasteiger partial charge in [-0.05, 0) is 24.3 Å². The van der Waals surface area contributed by atoms with Gasteiger partial charge in [-0.1, -0.05) is 23.4 Å². The number of esters is 1. The van der Waals surface area contributed by atoms with Crippen LogP contribution in [0, 0.1) is 0 Å². The van der Waals surface area contributed by atoms with Gasteiger partial charge in [0.15, 0.2) is 5.69 Å². The minimum atomic E-state index is -0.721. The Morgan fingerprint density at radius 1 is 1.00 bits per heavy atom. The van der Waals surface area contributed by atoms with E-state index >= 15 is 0 Å². The van der Waals surface area contributed by atoms with E-state index in [1.807, 2.05) is 30.3 Å². The Morgan fingerprint density at radius 3 is 2.48 bits per heavy atom. The number of nitrogens with one attached hydrogen (secondary N) is 1. The number of benzene rings is 2. The first kappa shape index (κ1) is 18.0. The first-order valence-electron chi connectivity index (χ1n) is 7.88. The molecular formula is C19H16N2O6. The summed E-state index contributed by atoms with van der Waals surface area (Å²) in [6.07, 6.45) is 0. The molecule has 3 rings (SSSR count). The fourth-order valence-electron chi connectivity index (χ4n) is 2.23. The summed E-state index contributed by atoms with van der Waals surface area (Å²) in [7, 11) is 2.68. The van der Waals surface area contributed by atoms with E-state index < -0.39 is 11.9 Å². The van der Waals surface area contributed by atoms with E-state index in [2.05, 4.69) is 15.2 Å². The number of methoxy groups -OCH3 is 2. The number of rotatable bonds is 6. The summed E-state index contributed by atoms with van der Waals surface area (Å²) in [6.45, 7) is 0. The summed E-state index contributed by atoms with van der Waals surface area (Å²) in [5.74, 6) is 0.167. The monoisotopic (exact) mass is 368 g/mol. The highest BCUT2D eigenvalue weighted by molar-refractivity contribution is 6.04. The van der Waals surface area contributed by atoms with Crippen molar-refractivity contribution < 1.29 is 28.3 Å². The number of para-hydroxylation sites is 1. The van der Waals surface area contributed by atoms with Crippen molar-refractivity contribution in [1.29, 1.82) is 0 Å². The van der Waals surface area contributed by atoms with E-state index in [0.29, 0.717) is 22.9 Å². The molecule has 0 bridgehead atoms. The maximum Gasteiger partial charge on any atom is 0.376 e. The Bertz CT molecular complexity index is 952. The lowest BCUT2D eigenvalue weighted by atomic mass is 10.2. The van der Waals surface area contributed by atoms with Gasteiger partial charge in [-0.2, -0.15) is 0 Å². The third-order valence-corrected chi connectivity index (χ3v) is 3.53. The summed E-state index contributed by atoms with van der Waals surface area (Å²) in [5.41, 5.74) is 0.340. The van der Waals surface area contributed by atoms with Crippen LogP contribution in [0.2, 0.25) is 0 Å². The number of nitrogens with zero attached hydrogens (tertiary/aromatic N) is 1. The molecule has 0 spiro atoms. The average molecular weight is 368 g/mol. The zero-order chi connectivity index (χ0) is 19.2. The second-order valence-corrected chi connectivity index (χ2v) is 5.30. The normalized spacial score (nSPS) is 10.1. The maximum atomic E-state index is 12.3. The highest BCUT2D eigenvalue weighted by Crippen LogP contribution is 2.32. The maximum absolute atomic E-state index is 12.3. The number of ether oxygens (including phenoxy) is 3. The first-order chi connectivity index (χ1) is 13.1. The molecule has 2 aromatic carbocycles. The van der Waals surface area contributed by atoms with E-state index in [1.54, 1.807) is 18.2 Å². The number of carbonyl (C=O) groups excluding carboxylic acids is 2. The van der Waals surface area contributed by atoms with Crippen molar-refractivity contribution in [3.8, 4) is 17.2 Å². The Morgan fingerprint density at radius 2 is 1.78 bits per heavy atom. The lowest BCUT2D eigenvalue weighted by Crippen LogP contribution is -2.13. The summed E-state index contributed by atoms with van der Waals surface area (Å²) in [4.78, 5) is 23.7. The number of anilines is 1. The van der Waals surface area contributed by atoms with Gasteiger partial charge in [0, 0.05) is 12.1 Å². The molecule has 0 radical (unpaired) electrons. The van der Waals surface area contributed by atoms with Gasteiger partial charge in [0.1, 0.15) is 17.2 Å². The molecular weight excluding hydrogens is 352 g/mol. The van der Waals surface area contributed by atoms with Crippen LogP contribution in [0.5, 0.6) is 17.2 Å². The molecule has 1 heterocycles. The standard InChI is InChI=1S/C19H16N2O6/c1-24-16-10-13(26-12-6-4-3-5-7-12)8-9-14(16)20-18(22)15-11-17(27-21-15)19(23)25-2/h3-11H,1-2H3,(H,20,22). The minimum absolute atomic E-state index is 0.0675. The average Bonchev–Trinajstić information content (AvgIpc) is 3.19. The molecule has 0 atom stereocenters. The number of amides is 1. The van der Waals surface area contributed by atoms with Crippen LogP contribution < -0.4 is 14.8 Å². The molecule has 138 valence electrons. The van der Waals surface area contributed by atoms with Crippen molar-refractivity contribution in [2.75, 3.05) is 19.5 Å². The molecule has 1 amide bonds. The third-order valence-electron chi connectivity index (χ3n) is 3.53. The molecule has 0 aliphatic carbocycles. The van der Waals surface area contributed by atoms with Crippen LogP contribution in [-0.4, -0.2) is 31.3 Å². The van der Waals surface area contributed by atoms with E-state index in [1.165, 1.54) is 20.3 Å². The van der Waals surface area contributed by atoms with Gasteiger partial charge in [0.25, 0.3) is 5.91 Å². The Kier molecular flexibility index (Phi) is 5.36. The van der Waals surface area contributed by atoms with Crippen LogP contribution in [-0.2, 0) is 4.74 Å². The zero-order valence-corrected chi connectivity index (χ0v) is 14.6. The molecule has 1 N–H and O–H groups in total. The highest BCUT2D eigenvalue weighted by Gasteiger charge is 2.19. The zero-order valence-electron chi connectivity index (χ0n) is 14.6. The first-order valence-corrected chi connectivity index (χ1v) is 7.88. The van der Waals surface area contributed by atoms with E-state index in [9.17, 15) is 9.59 Å². The predicted molar refractivity (Wildman–Crippen MR) is 95.3 cm³/mol. The highest BCUT2D eigenvalue weighted by atomic mass is 16.5. The molecule has 1 aromatic heterocycles. The van der Waals surface area contributed by atoms with Crippen molar-refractivity contribution >= 4 is 17.6 Å². The molecule has 27 heavy (non-hydrogen) atoms. The molecule has 3 aromatic rings. The topological polar surface area (TPSA) is 99.9 Å². The largest absolute Gasteiger partial charge is 0.494 e. The lowest BCUT2D eigenvalue weighted by Gasteiger charge is -2.12. The van der Waals surface area contributed by atoms with Gasteiger partial charge in [0.2, 0.25) is 5.76 Å². The number of aromatic nitrogens is 1. The van der Waals surface area contributed by atoms with E-state index in [-0.39, 0.29) is 11.5 Å². The smallest absolute Gasteiger partial charge is 0.376 e. The van der Waals surface area contributed by atoms with Crippen molar-refractivity contribution in [3.63, 3.8) is 0 Å². The van der Waals surface area contributed by atoms with Crippen LogP contribution in [0.3, 0.4) is 0 Å². The molecule has 0 saturated carbocycles.